The van der Waals surface area contributed by atoms with Crippen molar-refractivity contribution in [2.24, 2.45) is 0 Å². The van der Waals surface area contributed by atoms with Crippen molar-refractivity contribution >= 4 is 0 Å². The summed E-state index contributed by atoms with van der Waals surface area (Å²) in [4.78, 5) is 0. The Balaban J connectivity index is 1.50. The lowest BCUT2D eigenvalue weighted by molar-refractivity contribution is 0.305. The molecule has 0 aliphatic carbocycles. The van der Waals surface area contributed by atoms with Gasteiger partial charge in [0.2, 0.25) is 0 Å². The molecule has 0 atom stereocenters. The van der Waals surface area contributed by atoms with E-state index in [9.17, 15) is 0 Å². The Bertz CT molecular complexity index is 827. The predicted octanol–water partition coefficient (Wildman–Crippen LogP) is 2.35. The SMILES string of the molecule is COc1ccc(COc2ccc3c(c2)CCc2nnnn2-3)cc1. The van der Waals surface area contributed by atoms with Crippen LogP contribution in [0, 0.1) is 0 Å². The van der Waals surface area contributed by atoms with Gasteiger partial charge < -0.3 is 9.47 Å². The van der Waals surface area contributed by atoms with Crippen LogP contribution in [0.15, 0.2) is 42.5 Å². The van der Waals surface area contributed by atoms with E-state index in [1.807, 2.05) is 36.4 Å². The van der Waals surface area contributed by atoms with Crippen LogP contribution in [0.1, 0.15) is 17.0 Å². The lowest BCUT2D eigenvalue weighted by Gasteiger charge is -2.17. The van der Waals surface area contributed by atoms with Crippen molar-refractivity contribution < 1.29 is 9.47 Å². The number of hydrogen-bond donors (Lipinski definition) is 0. The molecule has 0 amide bonds. The fourth-order valence-corrected chi connectivity index (χ4v) is 2.74. The molecule has 1 aliphatic heterocycles. The van der Waals surface area contributed by atoms with Gasteiger partial charge in [-0.05, 0) is 58.3 Å². The second-order valence-electron chi connectivity index (χ2n) is 5.43. The average molecular weight is 308 g/mol. The Kier molecular flexibility index (Phi) is 3.42. The summed E-state index contributed by atoms with van der Waals surface area (Å²) in [5.41, 5.74) is 3.34. The highest BCUT2D eigenvalue weighted by molar-refractivity contribution is 5.47. The quantitative estimate of drug-likeness (QED) is 0.740. The van der Waals surface area contributed by atoms with E-state index in [4.69, 9.17) is 9.47 Å². The maximum absolute atomic E-state index is 5.90. The van der Waals surface area contributed by atoms with Gasteiger partial charge in [-0.1, -0.05) is 12.1 Å². The van der Waals surface area contributed by atoms with Crippen LogP contribution in [0.2, 0.25) is 0 Å². The summed E-state index contributed by atoms with van der Waals surface area (Å²) in [6.07, 6.45) is 1.78. The number of tetrazole rings is 1. The first-order valence-electron chi connectivity index (χ1n) is 7.50. The van der Waals surface area contributed by atoms with Crippen molar-refractivity contribution in [3.05, 3.63) is 59.4 Å². The first kappa shape index (κ1) is 13.8. The molecule has 0 N–H and O–H groups in total. The van der Waals surface area contributed by atoms with Crippen molar-refractivity contribution in [1.29, 1.82) is 0 Å². The van der Waals surface area contributed by atoms with Gasteiger partial charge in [-0.3, -0.25) is 0 Å². The topological polar surface area (TPSA) is 62.1 Å². The number of rotatable bonds is 4. The summed E-state index contributed by atoms with van der Waals surface area (Å²) >= 11 is 0. The minimum atomic E-state index is 0.527. The molecule has 3 aromatic rings. The van der Waals surface area contributed by atoms with Crippen LogP contribution in [0.5, 0.6) is 11.5 Å². The van der Waals surface area contributed by atoms with Crippen molar-refractivity contribution in [1.82, 2.24) is 20.2 Å². The molecule has 2 aromatic carbocycles. The monoisotopic (exact) mass is 308 g/mol. The standard InChI is InChI=1S/C17H16N4O2/c1-22-14-5-2-12(3-6-14)11-23-15-7-8-16-13(10-15)4-9-17-18-19-20-21(16)17/h2-3,5-8,10H,4,9,11H2,1H3. The maximum Gasteiger partial charge on any atom is 0.157 e. The number of aromatic nitrogens is 4. The molecule has 0 saturated heterocycles. The van der Waals surface area contributed by atoms with E-state index >= 15 is 0 Å². The summed E-state index contributed by atoms with van der Waals surface area (Å²) in [6.45, 7) is 0.527. The van der Waals surface area contributed by atoms with Gasteiger partial charge in [0.05, 0.1) is 12.8 Å². The molecule has 1 aromatic heterocycles. The number of aryl methyl sites for hydroxylation is 2. The normalized spacial score (nSPS) is 12.4. The number of fused-ring (bicyclic) bond motifs is 3. The Labute approximate surface area is 133 Å². The third kappa shape index (κ3) is 2.63. The van der Waals surface area contributed by atoms with Crippen LogP contribution in [-0.2, 0) is 19.4 Å². The first-order valence-corrected chi connectivity index (χ1v) is 7.50. The van der Waals surface area contributed by atoms with Crippen LogP contribution in [0.3, 0.4) is 0 Å². The molecule has 4 rings (SSSR count). The first-order chi connectivity index (χ1) is 11.3. The second-order valence-corrected chi connectivity index (χ2v) is 5.43. The molecule has 0 bridgehead atoms. The Morgan fingerprint density at radius 2 is 1.87 bits per heavy atom. The van der Waals surface area contributed by atoms with Crippen molar-refractivity contribution in [2.45, 2.75) is 19.4 Å². The number of benzene rings is 2. The van der Waals surface area contributed by atoms with Gasteiger partial charge in [0, 0.05) is 6.42 Å². The fraction of sp³-hybridized carbons (Fsp3) is 0.235. The highest BCUT2D eigenvalue weighted by Gasteiger charge is 2.18. The molecule has 0 fully saturated rings. The third-order valence-corrected chi connectivity index (χ3v) is 4.00. The van der Waals surface area contributed by atoms with E-state index in [2.05, 4.69) is 21.6 Å². The highest BCUT2D eigenvalue weighted by atomic mass is 16.5. The van der Waals surface area contributed by atoms with E-state index < -0.39 is 0 Å². The molecule has 0 unspecified atom stereocenters. The van der Waals surface area contributed by atoms with Gasteiger partial charge in [-0.15, -0.1) is 5.10 Å². The Morgan fingerprint density at radius 1 is 1.04 bits per heavy atom. The average Bonchev–Trinajstić information content (AvgIpc) is 3.09. The van der Waals surface area contributed by atoms with Crippen molar-refractivity contribution in [2.75, 3.05) is 7.11 Å². The molecule has 2 heterocycles. The summed E-state index contributed by atoms with van der Waals surface area (Å²) in [5.74, 6) is 2.61. The van der Waals surface area contributed by atoms with Gasteiger partial charge in [0.25, 0.3) is 0 Å². The number of ether oxygens (including phenoxy) is 2. The number of nitrogens with zero attached hydrogens (tertiary/aromatic N) is 4. The fourth-order valence-electron chi connectivity index (χ4n) is 2.74. The van der Waals surface area contributed by atoms with Gasteiger partial charge >= 0.3 is 0 Å². The van der Waals surface area contributed by atoms with E-state index in [1.54, 1.807) is 11.8 Å². The Hall–Kier alpha value is -2.89. The molecule has 0 saturated carbocycles. The number of hydrogen-bond acceptors (Lipinski definition) is 5. The lowest BCUT2D eigenvalue weighted by atomic mass is 10.0. The molecule has 116 valence electrons. The smallest absolute Gasteiger partial charge is 0.157 e. The van der Waals surface area contributed by atoms with E-state index in [0.717, 1.165) is 41.4 Å². The number of methoxy groups -OCH3 is 1. The second kappa shape index (κ2) is 5.72. The summed E-state index contributed by atoms with van der Waals surface area (Å²) in [7, 11) is 1.66. The van der Waals surface area contributed by atoms with E-state index in [0.29, 0.717) is 6.61 Å². The van der Waals surface area contributed by atoms with Gasteiger partial charge in [-0.2, -0.15) is 4.68 Å². The van der Waals surface area contributed by atoms with Gasteiger partial charge in [0.15, 0.2) is 5.82 Å². The molecule has 0 spiro atoms. The largest absolute Gasteiger partial charge is 0.497 e. The van der Waals surface area contributed by atoms with Gasteiger partial charge in [0.1, 0.15) is 18.1 Å². The van der Waals surface area contributed by atoms with Crippen LogP contribution in [-0.4, -0.2) is 27.3 Å². The molecule has 1 aliphatic rings. The predicted molar refractivity (Wildman–Crippen MR) is 83.9 cm³/mol. The summed E-state index contributed by atoms with van der Waals surface area (Å²) in [6, 6.07) is 13.9. The van der Waals surface area contributed by atoms with Crippen LogP contribution in [0.25, 0.3) is 5.69 Å². The Morgan fingerprint density at radius 3 is 2.70 bits per heavy atom. The molecule has 6 heteroatoms. The zero-order chi connectivity index (χ0) is 15.6. The molecule has 23 heavy (non-hydrogen) atoms. The van der Waals surface area contributed by atoms with Crippen LogP contribution < -0.4 is 9.47 Å². The van der Waals surface area contributed by atoms with Crippen LogP contribution >= 0.6 is 0 Å². The zero-order valence-electron chi connectivity index (χ0n) is 12.8. The lowest BCUT2D eigenvalue weighted by Crippen LogP contribution is -2.13. The molecule has 0 radical (unpaired) electrons. The zero-order valence-corrected chi connectivity index (χ0v) is 12.8. The molecular formula is C17H16N4O2. The highest BCUT2D eigenvalue weighted by Crippen LogP contribution is 2.26. The van der Waals surface area contributed by atoms with E-state index in [1.165, 1.54) is 5.56 Å². The molecular weight excluding hydrogens is 292 g/mol. The van der Waals surface area contributed by atoms with Crippen molar-refractivity contribution in [3.63, 3.8) is 0 Å². The summed E-state index contributed by atoms with van der Waals surface area (Å²) in [5, 5.41) is 11.8. The molecule has 6 nitrogen and oxygen atoms in total. The summed E-state index contributed by atoms with van der Waals surface area (Å²) < 4.78 is 12.9. The van der Waals surface area contributed by atoms with Gasteiger partial charge in [-0.25, -0.2) is 0 Å². The minimum absolute atomic E-state index is 0.527. The van der Waals surface area contributed by atoms with Crippen molar-refractivity contribution in [3.8, 4) is 17.2 Å². The van der Waals surface area contributed by atoms with E-state index in [-0.39, 0.29) is 0 Å². The maximum atomic E-state index is 5.90. The minimum Gasteiger partial charge on any atom is -0.497 e. The van der Waals surface area contributed by atoms with Crippen LogP contribution in [0.4, 0.5) is 0 Å². The third-order valence-electron chi connectivity index (χ3n) is 4.00.